The van der Waals surface area contributed by atoms with E-state index in [1.54, 1.807) is 19.2 Å². The summed E-state index contributed by atoms with van der Waals surface area (Å²) < 4.78 is 15.1. The molecule has 1 atom stereocenters. The molecular formula is C12H12ClNO4. The molecule has 1 aliphatic rings. The van der Waals surface area contributed by atoms with Crippen molar-refractivity contribution >= 4 is 23.3 Å². The molecule has 1 aliphatic heterocycles. The van der Waals surface area contributed by atoms with Gasteiger partial charge in [0.15, 0.2) is 5.03 Å². The monoisotopic (exact) mass is 269 g/mol. The van der Waals surface area contributed by atoms with Gasteiger partial charge in [-0.2, -0.15) is 0 Å². The highest BCUT2D eigenvalue weighted by atomic mass is 35.5. The summed E-state index contributed by atoms with van der Waals surface area (Å²) in [5, 5.41) is 2.97. The molecule has 0 unspecified atom stereocenters. The van der Waals surface area contributed by atoms with Crippen molar-refractivity contribution in [1.82, 2.24) is 0 Å². The van der Waals surface area contributed by atoms with Crippen LogP contribution in [0, 0.1) is 0 Å². The van der Waals surface area contributed by atoms with Gasteiger partial charge in [0.05, 0.1) is 12.8 Å². The van der Waals surface area contributed by atoms with E-state index in [1.807, 2.05) is 12.1 Å². The highest BCUT2D eigenvalue weighted by molar-refractivity contribution is 6.42. The van der Waals surface area contributed by atoms with Gasteiger partial charge in [0, 0.05) is 7.11 Å². The van der Waals surface area contributed by atoms with Gasteiger partial charge in [-0.05, 0) is 12.1 Å². The van der Waals surface area contributed by atoms with E-state index in [9.17, 15) is 4.79 Å². The number of rotatable bonds is 4. The summed E-state index contributed by atoms with van der Waals surface area (Å²) in [5.41, 5.74) is 1.04. The molecule has 0 saturated heterocycles. The average molecular weight is 270 g/mol. The number of para-hydroxylation sites is 2. The Bertz CT molecular complexity index is 501. The molecule has 1 N–H and O–H groups in total. The summed E-state index contributed by atoms with van der Waals surface area (Å²) in [6.07, 6.45) is -0.824. The summed E-state index contributed by atoms with van der Waals surface area (Å²) in [7, 11) is 2.98. The summed E-state index contributed by atoms with van der Waals surface area (Å²) in [6, 6.07) is 7.25. The number of hydrogen-bond acceptors (Lipinski definition) is 5. The second kappa shape index (κ2) is 5.29. The van der Waals surface area contributed by atoms with E-state index in [-0.39, 0.29) is 5.03 Å². The number of carbonyl (C=O) groups excluding carboxylic acids is 1. The molecule has 6 heteroatoms. The first-order chi connectivity index (χ1) is 8.67. The molecule has 0 saturated carbocycles. The van der Waals surface area contributed by atoms with Crippen molar-refractivity contribution in [2.45, 2.75) is 6.29 Å². The lowest BCUT2D eigenvalue weighted by Crippen LogP contribution is -2.18. The molecule has 0 aliphatic carbocycles. The summed E-state index contributed by atoms with van der Waals surface area (Å²) in [6.45, 7) is 0. The molecule has 0 spiro atoms. The maximum absolute atomic E-state index is 11.3. The Labute approximate surface area is 109 Å². The van der Waals surface area contributed by atoms with E-state index >= 15 is 0 Å². The van der Waals surface area contributed by atoms with Gasteiger partial charge in [0.1, 0.15) is 11.4 Å². The van der Waals surface area contributed by atoms with Crippen LogP contribution in [-0.2, 0) is 14.3 Å². The minimum atomic E-state index is -0.824. The number of anilines is 1. The van der Waals surface area contributed by atoms with Gasteiger partial charge < -0.3 is 19.5 Å². The lowest BCUT2D eigenvalue weighted by Gasteiger charge is -2.15. The van der Waals surface area contributed by atoms with Crippen LogP contribution in [0.25, 0.3) is 0 Å². The van der Waals surface area contributed by atoms with Crippen molar-refractivity contribution < 1.29 is 19.0 Å². The predicted molar refractivity (Wildman–Crippen MR) is 66.4 cm³/mol. The topological polar surface area (TPSA) is 56.8 Å². The number of esters is 1. The van der Waals surface area contributed by atoms with E-state index in [0.717, 1.165) is 0 Å². The average Bonchev–Trinajstić information content (AvgIpc) is 2.67. The zero-order chi connectivity index (χ0) is 13.1. The largest absolute Gasteiger partial charge is 0.495 e. The zero-order valence-corrected chi connectivity index (χ0v) is 10.7. The van der Waals surface area contributed by atoms with Crippen LogP contribution in [0.15, 0.2) is 35.0 Å². The van der Waals surface area contributed by atoms with E-state index in [0.29, 0.717) is 17.1 Å². The molecule has 96 valence electrons. The van der Waals surface area contributed by atoms with Crippen molar-refractivity contribution in [1.29, 1.82) is 0 Å². The van der Waals surface area contributed by atoms with Gasteiger partial charge >= 0.3 is 5.97 Å². The highest BCUT2D eigenvalue weighted by Gasteiger charge is 2.33. The zero-order valence-electron chi connectivity index (χ0n) is 9.90. The van der Waals surface area contributed by atoms with Crippen LogP contribution in [0.1, 0.15) is 0 Å². The molecule has 0 radical (unpaired) electrons. The van der Waals surface area contributed by atoms with Gasteiger partial charge in [0.25, 0.3) is 0 Å². The van der Waals surface area contributed by atoms with Gasteiger partial charge in [-0.3, -0.25) is 0 Å². The fraction of sp³-hybridized carbons (Fsp3) is 0.250. The molecule has 0 bridgehead atoms. The first-order valence-electron chi connectivity index (χ1n) is 5.21. The van der Waals surface area contributed by atoms with E-state index in [1.165, 1.54) is 7.11 Å². The standard InChI is InChI=1S/C12H12ClNO4/c1-16-8-6-4-3-5-7(8)14-10-9(13)11(15)18-12(10)17-2/h3-6,12,14H,1-2H3/t12-/m1/s1. The normalized spacial score (nSPS) is 18.8. The number of carbonyl (C=O) groups is 1. The molecule has 0 aromatic heterocycles. The molecule has 0 fully saturated rings. The predicted octanol–water partition coefficient (Wildman–Crippen LogP) is 2.09. The number of cyclic esters (lactones) is 1. The van der Waals surface area contributed by atoms with E-state index in [4.69, 9.17) is 25.8 Å². The van der Waals surface area contributed by atoms with E-state index < -0.39 is 12.3 Å². The van der Waals surface area contributed by atoms with Crippen LogP contribution in [0.4, 0.5) is 5.69 Å². The fourth-order valence-corrected chi connectivity index (χ4v) is 1.77. The van der Waals surface area contributed by atoms with Crippen LogP contribution in [0.3, 0.4) is 0 Å². The van der Waals surface area contributed by atoms with E-state index in [2.05, 4.69) is 5.32 Å². The highest BCUT2D eigenvalue weighted by Crippen LogP contribution is 2.31. The van der Waals surface area contributed by atoms with Crippen LogP contribution in [0.2, 0.25) is 0 Å². The quantitative estimate of drug-likeness (QED) is 0.848. The molecular weight excluding hydrogens is 258 g/mol. The second-order valence-corrected chi connectivity index (χ2v) is 3.90. The summed E-state index contributed by atoms with van der Waals surface area (Å²) >= 11 is 5.87. The number of hydrogen-bond donors (Lipinski definition) is 1. The molecule has 18 heavy (non-hydrogen) atoms. The Kier molecular flexibility index (Phi) is 3.74. The third-order valence-electron chi connectivity index (χ3n) is 2.46. The van der Waals surface area contributed by atoms with Crippen LogP contribution >= 0.6 is 11.6 Å². The minimum absolute atomic E-state index is 0.0206. The van der Waals surface area contributed by atoms with Crippen LogP contribution in [0.5, 0.6) is 5.75 Å². The third-order valence-corrected chi connectivity index (χ3v) is 2.81. The lowest BCUT2D eigenvalue weighted by molar-refractivity contribution is -0.155. The Morgan fingerprint density at radius 1 is 1.33 bits per heavy atom. The molecule has 1 aromatic carbocycles. The Hall–Kier alpha value is -1.72. The van der Waals surface area contributed by atoms with Crippen molar-refractivity contribution in [3.8, 4) is 5.75 Å². The van der Waals surface area contributed by atoms with Crippen LogP contribution < -0.4 is 10.1 Å². The molecule has 5 nitrogen and oxygen atoms in total. The molecule has 1 heterocycles. The van der Waals surface area contributed by atoms with Gasteiger partial charge in [-0.15, -0.1) is 0 Å². The number of halogens is 1. The molecule has 0 amide bonds. The smallest absolute Gasteiger partial charge is 0.354 e. The summed E-state index contributed by atoms with van der Waals surface area (Å²) in [4.78, 5) is 11.3. The van der Waals surface area contributed by atoms with Gasteiger partial charge in [-0.25, -0.2) is 4.79 Å². The SMILES string of the molecule is COc1ccccc1NC1=C(Cl)C(=O)O[C@H]1OC. The summed E-state index contributed by atoms with van der Waals surface area (Å²) in [5.74, 6) is 0.0181. The van der Waals surface area contributed by atoms with Gasteiger partial charge in [0.2, 0.25) is 6.29 Å². The Morgan fingerprint density at radius 3 is 2.72 bits per heavy atom. The third kappa shape index (κ3) is 2.27. The maximum atomic E-state index is 11.3. The Morgan fingerprint density at radius 2 is 2.06 bits per heavy atom. The van der Waals surface area contributed by atoms with Crippen LogP contribution in [-0.4, -0.2) is 26.5 Å². The lowest BCUT2D eigenvalue weighted by atomic mass is 10.2. The second-order valence-electron chi connectivity index (χ2n) is 3.53. The number of benzene rings is 1. The fourth-order valence-electron chi connectivity index (χ4n) is 1.59. The van der Waals surface area contributed by atoms with Crippen molar-refractivity contribution in [2.75, 3.05) is 19.5 Å². The number of methoxy groups -OCH3 is 2. The Balaban J connectivity index is 2.30. The molecule has 1 aromatic rings. The number of ether oxygens (including phenoxy) is 3. The minimum Gasteiger partial charge on any atom is -0.495 e. The van der Waals surface area contributed by atoms with Crippen molar-refractivity contribution in [2.24, 2.45) is 0 Å². The van der Waals surface area contributed by atoms with Crippen molar-refractivity contribution in [3.63, 3.8) is 0 Å². The van der Waals surface area contributed by atoms with Crippen molar-refractivity contribution in [3.05, 3.63) is 35.0 Å². The first kappa shape index (κ1) is 12.7. The van der Waals surface area contributed by atoms with Gasteiger partial charge in [-0.1, -0.05) is 23.7 Å². The molecule has 2 rings (SSSR count). The maximum Gasteiger partial charge on any atom is 0.354 e. The number of nitrogens with one attached hydrogen (secondary N) is 1. The first-order valence-corrected chi connectivity index (χ1v) is 5.58.